The fourth-order valence-electron chi connectivity index (χ4n) is 5.12. The fraction of sp³-hybridized carbons (Fsp3) is 0.458. The number of rotatable bonds is 5. The summed E-state index contributed by atoms with van der Waals surface area (Å²) in [4.78, 5) is 14.1. The van der Waals surface area contributed by atoms with E-state index in [0.717, 1.165) is 12.1 Å². The van der Waals surface area contributed by atoms with Crippen LogP contribution in [0.1, 0.15) is 36.1 Å². The minimum absolute atomic E-state index is 0.174. The molecular weight excluding hydrogens is 412 g/mol. The molecule has 1 fully saturated rings. The second kappa shape index (κ2) is 8.37. The van der Waals surface area contributed by atoms with E-state index in [1.165, 1.54) is 11.1 Å². The van der Waals surface area contributed by atoms with Crippen LogP contribution < -0.4 is 0 Å². The van der Waals surface area contributed by atoms with Crippen LogP contribution in [-0.2, 0) is 34.2 Å². The van der Waals surface area contributed by atoms with Crippen molar-refractivity contribution in [1.82, 2.24) is 9.21 Å². The second-order valence-corrected chi connectivity index (χ2v) is 10.9. The molecule has 1 aliphatic carbocycles. The van der Waals surface area contributed by atoms with Gasteiger partial charge in [-0.1, -0.05) is 42.0 Å². The number of fused-ring (bicyclic) bond motifs is 1. The first-order valence-electron chi connectivity index (χ1n) is 10.8. The van der Waals surface area contributed by atoms with E-state index < -0.39 is 21.9 Å². The Bertz CT molecular complexity index is 1070. The van der Waals surface area contributed by atoms with Gasteiger partial charge in [-0.05, 0) is 56.4 Å². The predicted molar refractivity (Wildman–Crippen MR) is 119 cm³/mol. The summed E-state index contributed by atoms with van der Waals surface area (Å²) in [6, 6.07) is 13.3. The van der Waals surface area contributed by atoms with Gasteiger partial charge in [0.05, 0.1) is 10.8 Å². The molecule has 0 aromatic heterocycles. The first-order valence-corrected chi connectivity index (χ1v) is 12.3. The van der Waals surface area contributed by atoms with Gasteiger partial charge in [-0.3, -0.25) is 9.69 Å². The zero-order chi connectivity index (χ0) is 22.3. The smallest absolute Gasteiger partial charge is 0.307 e. The molecule has 1 heterocycles. The molecule has 0 saturated carbocycles. The van der Waals surface area contributed by atoms with E-state index in [9.17, 15) is 18.3 Å². The summed E-state index contributed by atoms with van der Waals surface area (Å²) in [5.74, 6) is -1.42. The van der Waals surface area contributed by atoms with Gasteiger partial charge in [0.25, 0.3) is 0 Å². The molecule has 4 rings (SSSR count). The third-order valence-electron chi connectivity index (χ3n) is 6.49. The van der Waals surface area contributed by atoms with Crippen molar-refractivity contribution in [1.29, 1.82) is 0 Å². The molecule has 2 aromatic carbocycles. The van der Waals surface area contributed by atoms with E-state index in [2.05, 4.69) is 36.1 Å². The lowest BCUT2D eigenvalue weighted by Crippen LogP contribution is -2.58. The number of piperazine rings is 1. The number of carboxylic acid groups (broad SMARTS) is 1. The van der Waals surface area contributed by atoms with Crippen molar-refractivity contribution in [3.8, 4) is 0 Å². The largest absolute Gasteiger partial charge is 0.481 e. The minimum atomic E-state index is -3.72. The molecule has 7 heteroatoms. The first kappa shape index (κ1) is 22.0. The summed E-state index contributed by atoms with van der Waals surface area (Å²) in [7, 11) is -3.72. The third kappa shape index (κ3) is 4.27. The highest BCUT2D eigenvalue weighted by atomic mass is 32.2. The van der Waals surface area contributed by atoms with E-state index in [1.807, 2.05) is 19.9 Å². The Morgan fingerprint density at radius 3 is 2.29 bits per heavy atom. The number of nitrogens with zero attached hydrogens (tertiary/aromatic N) is 2. The molecule has 0 amide bonds. The van der Waals surface area contributed by atoms with Gasteiger partial charge >= 0.3 is 5.97 Å². The summed E-state index contributed by atoms with van der Waals surface area (Å²) in [6.45, 7) is 8.09. The van der Waals surface area contributed by atoms with Crippen LogP contribution in [0.3, 0.4) is 0 Å². The maximum atomic E-state index is 13.7. The van der Waals surface area contributed by atoms with E-state index in [1.54, 1.807) is 16.4 Å². The van der Waals surface area contributed by atoms with Gasteiger partial charge in [0.15, 0.2) is 0 Å². The third-order valence-corrected chi connectivity index (χ3v) is 8.71. The molecule has 0 spiro atoms. The summed E-state index contributed by atoms with van der Waals surface area (Å²) in [6.07, 6.45) is 0.666. The quantitative estimate of drug-likeness (QED) is 0.770. The lowest BCUT2D eigenvalue weighted by molar-refractivity contribution is -0.141. The summed E-state index contributed by atoms with van der Waals surface area (Å²) in [5.41, 5.74) is 3.96. The molecule has 1 aliphatic heterocycles. The number of aliphatic carboxylic acids is 1. The maximum Gasteiger partial charge on any atom is 0.307 e. The molecule has 0 radical (unpaired) electrons. The topological polar surface area (TPSA) is 77.9 Å². The lowest BCUT2D eigenvalue weighted by atomic mass is 10.1. The Labute approximate surface area is 184 Å². The van der Waals surface area contributed by atoms with Crippen molar-refractivity contribution in [2.45, 2.75) is 57.1 Å². The van der Waals surface area contributed by atoms with Crippen LogP contribution in [-0.4, -0.2) is 53.9 Å². The van der Waals surface area contributed by atoms with E-state index in [0.29, 0.717) is 25.1 Å². The molecule has 2 aromatic rings. The van der Waals surface area contributed by atoms with E-state index >= 15 is 0 Å². The molecule has 1 saturated heterocycles. The van der Waals surface area contributed by atoms with Gasteiger partial charge in [-0.15, -0.1) is 0 Å². The summed E-state index contributed by atoms with van der Waals surface area (Å²) < 4.78 is 29.0. The van der Waals surface area contributed by atoms with Gasteiger partial charge in [0.1, 0.15) is 0 Å². The number of hydrogen-bond donors (Lipinski definition) is 1. The number of sulfonamides is 1. The van der Waals surface area contributed by atoms with Gasteiger partial charge in [-0.25, -0.2) is 8.42 Å². The Hall–Kier alpha value is -2.22. The van der Waals surface area contributed by atoms with Gasteiger partial charge < -0.3 is 5.11 Å². The van der Waals surface area contributed by atoms with Crippen LogP contribution in [0.2, 0.25) is 0 Å². The molecular formula is C24H30N2O4S. The number of benzene rings is 2. The first-order chi connectivity index (χ1) is 14.7. The van der Waals surface area contributed by atoms with Gasteiger partial charge in [0, 0.05) is 31.7 Å². The highest BCUT2D eigenvalue weighted by Gasteiger charge is 2.41. The number of hydrogen-bond acceptors (Lipinski definition) is 4. The van der Waals surface area contributed by atoms with Crippen LogP contribution >= 0.6 is 0 Å². The second-order valence-electron chi connectivity index (χ2n) is 9.05. The molecule has 1 N–H and O–H groups in total. The standard InChI is InChI=1S/C24H30N2O4S/c1-16-7-9-19(10-8-16)15-25-13-17(2)26(18(3)14-25)31(29,30)23-6-4-5-20-11-21(24(27)28)12-22(20)23/h4-10,17-18,21H,11-15H2,1-3H3,(H,27,28)/t17-,18+,21?. The Morgan fingerprint density at radius 1 is 1.03 bits per heavy atom. The summed E-state index contributed by atoms with van der Waals surface area (Å²) >= 11 is 0. The maximum absolute atomic E-state index is 13.7. The van der Waals surface area contributed by atoms with Gasteiger partial charge in [-0.2, -0.15) is 4.31 Å². The molecule has 2 aliphatic rings. The minimum Gasteiger partial charge on any atom is -0.481 e. The van der Waals surface area contributed by atoms with Crippen LogP contribution in [0.4, 0.5) is 0 Å². The van der Waals surface area contributed by atoms with Crippen molar-refractivity contribution >= 4 is 16.0 Å². The normalized spacial score (nSPS) is 24.8. The molecule has 31 heavy (non-hydrogen) atoms. The van der Waals surface area contributed by atoms with Crippen molar-refractivity contribution in [2.75, 3.05) is 13.1 Å². The van der Waals surface area contributed by atoms with Crippen molar-refractivity contribution < 1.29 is 18.3 Å². The predicted octanol–water partition coefficient (Wildman–Crippen LogP) is 3.08. The number of aryl methyl sites for hydroxylation is 1. The van der Waals surface area contributed by atoms with Gasteiger partial charge in [0.2, 0.25) is 10.0 Å². The van der Waals surface area contributed by atoms with Crippen molar-refractivity contribution in [3.05, 3.63) is 64.7 Å². The van der Waals surface area contributed by atoms with Crippen LogP contribution in [0.15, 0.2) is 47.4 Å². The highest BCUT2D eigenvalue weighted by Crippen LogP contribution is 2.35. The molecule has 166 valence electrons. The zero-order valence-electron chi connectivity index (χ0n) is 18.3. The number of carboxylic acids is 1. The SMILES string of the molecule is Cc1ccc(CN2C[C@@H](C)N(S(=O)(=O)c3cccc4c3CC(C(=O)O)C4)[C@@H](C)C2)cc1. The Kier molecular flexibility index (Phi) is 5.94. The molecule has 3 atom stereocenters. The zero-order valence-corrected chi connectivity index (χ0v) is 19.1. The van der Waals surface area contributed by atoms with Crippen LogP contribution in [0.5, 0.6) is 0 Å². The Balaban J connectivity index is 1.56. The van der Waals surface area contributed by atoms with Crippen molar-refractivity contribution in [2.24, 2.45) is 5.92 Å². The Morgan fingerprint density at radius 2 is 1.68 bits per heavy atom. The number of carbonyl (C=O) groups is 1. The van der Waals surface area contributed by atoms with Crippen LogP contribution in [0.25, 0.3) is 0 Å². The van der Waals surface area contributed by atoms with E-state index in [4.69, 9.17) is 0 Å². The summed E-state index contributed by atoms with van der Waals surface area (Å²) in [5, 5.41) is 9.41. The molecule has 0 bridgehead atoms. The van der Waals surface area contributed by atoms with Crippen molar-refractivity contribution in [3.63, 3.8) is 0 Å². The van der Waals surface area contributed by atoms with E-state index in [-0.39, 0.29) is 23.4 Å². The average Bonchev–Trinajstić information content (AvgIpc) is 3.13. The lowest BCUT2D eigenvalue weighted by Gasteiger charge is -2.43. The highest BCUT2D eigenvalue weighted by molar-refractivity contribution is 7.89. The monoisotopic (exact) mass is 442 g/mol. The molecule has 6 nitrogen and oxygen atoms in total. The van der Waals surface area contributed by atoms with Crippen LogP contribution in [0, 0.1) is 12.8 Å². The average molecular weight is 443 g/mol. The molecule has 1 unspecified atom stereocenters. The fourth-order valence-corrected chi connectivity index (χ4v) is 7.20.